The normalized spacial score (nSPS) is 10.6. The van der Waals surface area contributed by atoms with Crippen LogP contribution in [0, 0.1) is 6.92 Å². The smallest absolute Gasteiger partial charge is 0.339 e. The van der Waals surface area contributed by atoms with Gasteiger partial charge < -0.3 is 14.9 Å². The van der Waals surface area contributed by atoms with Crippen molar-refractivity contribution in [3.63, 3.8) is 0 Å². The summed E-state index contributed by atoms with van der Waals surface area (Å²) in [5.74, 6) is -0.886. The average Bonchev–Trinajstić information content (AvgIpc) is 2.37. The number of carboxylic acids is 1. The maximum atomic E-state index is 11.1. The van der Waals surface area contributed by atoms with Crippen molar-refractivity contribution in [1.29, 1.82) is 0 Å². The first-order valence-corrected chi connectivity index (χ1v) is 6.17. The number of aromatic carboxylic acids is 1. The largest absolute Gasteiger partial charge is 0.506 e. The summed E-state index contributed by atoms with van der Waals surface area (Å²) in [5, 5.41) is 20.4. The Balaban J connectivity index is 2.72. The quantitative estimate of drug-likeness (QED) is 0.884. The fraction of sp³-hybridized carbons (Fsp3) is 0.267. The monoisotopic (exact) mass is 260 g/mol. The van der Waals surface area contributed by atoms with E-state index in [0.717, 1.165) is 17.4 Å². The van der Waals surface area contributed by atoms with Crippen molar-refractivity contribution in [1.82, 2.24) is 0 Å². The Morgan fingerprint density at radius 1 is 1.26 bits per heavy atom. The molecule has 2 rings (SSSR count). The number of fused-ring (bicyclic) bond motifs is 1. The van der Waals surface area contributed by atoms with Gasteiger partial charge in [0.05, 0.1) is 6.61 Å². The molecule has 4 nitrogen and oxygen atoms in total. The molecule has 0 fully saturated rings. The number of rotatable bonds is 4. The van der Waals surface area contributed by atoms with E-state index < -0.39 is 5.97 Å². The third-order valence-electron chi connectivity index (χ3n) is 2.92. The molecule has 0 radical (unpaired) electrons. The zero-order valence-corrected chi connectivity index (χ0v) is 10.9. The molecule has 0 aliphatic carbocycles. The number of ether oxygens (including phenoxy) is 1. The third kappa shape index (κ3) is 2.47. The van der Waals surface area contributed by atoms with Crippen molar-refractivity contribution in [2.24, 2.45) is 0 Å². The van der Waals surface area contributed by atoms with E-state index in [1.165, 1.54) is 6.07 Å². The standard InChI is InChI=1S/C15H16O4/c1-3-6-19-13-8-12(15(17)18)14(16)10-5-4-9(2)7-11(10)13/h4-5,7-8,16H,3,6H2,1-2H3,(H,17,18). The fourth-order valence-electron chi connectivity index (χ4n) is 1.99. The predicted octanol–water partition coefficient (Wildman–Crippen LogP) is 3.34. The van der Waals surface area contributed by atoms with E-state index in [-0.39, 0.29) is 11.3 Å². The summed E-state index contributed by atoms with van der Waals surface area (Å²) in [6, 6.07) is 6.81. The summed E-state index contributed by atoms with van der Waals surface area (Å²) in [6.45, 7) is 4.42. The molecule has 0 spiro atoms. The molecule has 19 heavy (non-hydrogen) atoms. The lowest BCUT2D eigenvalue weighted by molar-refractivity contribution is 0.0693. The highest BCUT2D eigenvalue weighted by Gasteiger charge is 2.17. The Labute approximate surface area is 111 Å². The Morgan fingerprint density at radius 3 is 2.63 bits per heavy atom. The Kier molecular flexibility index (Phi) is 3.60. The molecule has 2 N–H and O–H groups in total. The summed E-state index contributed by atoms with van der Waals surface area (Å²) in [4.78, 5) is 11.1. The summed E-state index contributed by atoms with van der Waals surface area (Å²) >= 11 is 0. The highest BCUT2D eigenvalue weighted by molar-refractivity contribution is 6.03. The lowest BCUT2D eigenvalue weighted by Crippen LogP contribution is -2.01. The van der Waals surface area contributed by atoms with Crippen LogP contribution in [0.15, 0.2) is 24.3 Å². The van der Waals surface area contributed by atoms with Crippen molar-refractivity contribution < 1.29 is 19.7 Å². The Morgan fingerprint density at radius 2 is 2.00 bits per heavy atom. The summed E-state index contributed by atoms with van der Waals surface area (Å²) in [5.41, 5.74) is 0.888. The van der Waals surface area contributed by atoms with Gasteiger partial charge in [0.15, 0.2) is 0 Å². The van der Waals surface area contributed by atoms with Crippen LogP contribution in [0.2, 0.25) is 0 Å². The summed E-state index contributed by atoms with van der Waals surface area (Å²) in [7, 11) is 0. The first-order valence-electron chi connectivity index (χ1n) is 6.17. The molecule has 2 aromatic carbocycles. The Hall–Kier alpha value is -2.23. The van der Waals surface area contributed by atoms with Crippen LogP contribution in [0.4, 0.5) is 0 Å². The van der Waals surface area contributed by atoms with Crippen molar-refractivity contribution in [2.75, 3.05) is 6.61 Å². The van der Waals surface area contributed by atoms with E-state index in [4.69, 9.17) is 9.84 Å². The van der Waals surface area contributed by atoms with Crippen LogP contribution in [-0.2, 0) is 0 Å². The fourth-order valence-corrected chi connectivity index (χ4v) is 1.99. The molecule has 0 saturated heterocycles. The summed E-state index contributed by atoms with van der Waals surface area (Å²) < 4.78 is 5.59. The molecule has 0 aromatic heterocycles. The third-order valence-corrected chi connectivity index (χ3v) is 2.92. The van der Waals surface area contributed by atoms with Crippen LogP contribution in [0.25, 0.3) is 10.8 Å². The number of benzene rings is 2. The number of aryl methyl sites for hydroxylation is 1. The van der Waals surface area contributed by atoms with Crippen molar-refractivity contribution in [3.05, 3.63) is 35.4 Å². The molecule has 0 aliphatic rings. The van der Waals surface area contributed by atoms with Gasteiger partial charge in [-0.3, -0.25) is 0 Å². The van der Waals surface area contributed by atoms with E-state index in [9.17, 15) is 9.90 Å². The van der Waals surface area contributed by atoms with Gasteiger partial charge in [-0.15, -0.1) is 0 Å². The first-order chi connectivity index (χ1) is 9.04. The number of hydrogen-bond donors (Lipinski definition) is 2. The predicted molar refractivity (Wildman–Crippen MR) is 73.1 cm³/mol. The molecule has 0 bridgehead atoms. The molecule has 0 atom stereocenters. The minimum absolute atomic E-state index is 0.137. The number of carboxylic acid groups (broad SMARTS) is 1. The minimum Gasteiger partial charge on any atom is -0.506 e. The maximum Gasteiger partial charge on any atom is 0.339 e. The number of carbonyl (C=O) groups is 1. The molecular formula is C15H16O4. The second-order valence-corrected chi connectivity index (χ2v) is 4.47. The average molecular weight is 260 g/mol. The zero-order valence-electron chi connectivity index (χ0n) is 10.9. The van der Waals surface area contributed by atoms with Gasteiger partial charge in [0.25, 0.3) is 0 Å². The zero-order chi connectivity index (χ0) is 14.0. The molecule has 0 heterocycles. The summed E-state index contributed by atoms with van der Waals surface area (Å²) in [6.07, 6.45) is 0.830. The van der Waals surface area contributed by atoms with Gasteiger partial charge in [0.2, 0.25) is 0 Å². The van der Waals surface area contributed by atoms with Gasteiger partial charge in [-0.05, 0) is 25.5 Å². The van der Waals surface area contributed by atoms with Crippen molar-refractivity contribution >= 4 is 16.7 Å². The van der Waals surface area contributed by atoms with Crippen LogP contribution < -0.4 is 4.74 Å². The van der Waals surface area contributed by atoms with E-state index in [2.05, 4.69) is 0 Å². The SMILES string of the molecule is CCCOc1cc(C(=O)O)c(O)c2ccc(C)cc12. The number of aromatic hydroxyl groups is 1. The molecule has 0 unspecified atom stereocenters. The molecule has 2 aromatic rings. The number of hydrogen-bond acceptors (Lipinski definition) is 3. The highest BCUT2D eigenvalue weighted by atomic mass is 16.5. The van der Waals surface area contributed by atoms with Gasteiger partial charge in [0, 0.05) is 10.8 Å². The van der Waals surface area contributed by atoms with Crippen LogP contribution in [0.5, 0.6) is 11.5 Å². The molecule has 100 valence electrons. The highest BCUT2D eigenvalue weighted by Crippen LogP contribution is 2.36. The number of phenols is 1. The van der Waals surface area contributed by atoms with Gasteiger partial charge in [0.1, 0.15) is 17.1 Å². The first kappa shape index (κ1) is 13.2. The lowest BCUT2D eigenvalue weighted by atomic mass is 10.0. The van der Waals surface area contributed by atoms with Crippen LogP contribution in [-0.4, -0.2) is 22.8 Å². The second kappa shape index (κ2) is 5.18. The molecule has 0 aliphatic heterocycles. The van der Waals surface area contributed by atoms with Crippen LogP contribution >= 0.6 is 0 Å². The lowest BCUT2D eigenvalue weighted by Gasteiger charge is -2.12. The van der Waals surface area contributed by atoms with Crippen LogP contribution in [0.1, 0.15) is 29.3 Å². The van der Waals surface area contributed by atoms with Gasteiger partial charge >= 0.3 is 5.97 Å². The van der Waals surface area contributed by atoms with E-state index in [0.29, 0.717) is 17.7 Å². The van der Waals surface area contributed by atoms with E-state index in [1.807, 2.05) is 26.0 Å². The van der Waals surface area contributed by atoms with Crippen molar-refractivity contribution in [2.45, 2.75) is 20.3 Å². The molecular weight excluding hydrogens is 244 g/mol. The van der Waals surface area contributed by atoms with Crippen LogP contribution in [0.3, 0.4) is 0 Å². The molecule has 0 saturated carbocycles. The second-order valence-electron chi connectivity index (χ2n) is 4.47. The van der Waals surface area contributed by atoms with Gasteiger partial charge in [-0.25, -0.2) is 4.79 Å². The van der Waals surface area contributed by atoms with E-state index in [1.54, 1.807) is 6.07 Å². The molecule has 0 amide bonds. The topological polar surface area (TPSA) is 66.8 Å². The Bertz CT molecular complexity index is 632. The van der Waals surface area contributed by atoms with Gasteiger partial charge in [-0.1, -0.05) is 24.6 Å². The van der Waals surface area contributed by atoms with Gasteiger partial charge in [-0.2, -0.15) is 0 Å². The molecule has 4 heteroatoms. The minimum atomic E-state index is -1.17. The maximum absolute atomic E-state index is 11.1. The van der Waals surface area contributed by atoms with E-state index >= 15 is 0 Å². The van der Waals surface area contributed by atoms with Crippen molar-refractivity contribution in [3.8, 4) is 11.5 Å².